The summed E-state index contributed by atoms with van der Waals surface area (Å²) in [4.78, 5) is 27.6. The van der Waals surface area contributed by atoms with Gasteiger partial charge in [-0.1, -0.05) is 19.1 Å². The molecule has 138 valence electrons. The summed E-state index contributed by atoms with van der Waals surface area (Å²) >= 11 is 0. The highest BCUT2D eigenvalue weighted by Gasteiger charge is 2.24. The summed E-state index contributed by atoms with van der Waals surface area (Å²) < 4.78 is 28.9. The first-order valence-corrected chi connectivity index (χ1v) is 8.17. The Bertz CT molecular complexity index is 965. The number of halogens is 1. The van der Waals surface area contributed by atoms with Gasteiger partial charge in [0.2, 0.25) is 5.90 Å². The lowest BCUT2D eigenvalue weighted by molar-refractivity contribution is -0.134. The Labute approximate surface area is 154 Å². The van der Waals surface area contributed by atoms with Gasteiger partial charge in [0.05, 0.1) is 7.11 Å². The number of carbonyl (C=O) groups is 2. The Kier molecular flexibility index (Phi) is 5.30. The van der Waals surface area contributed by atoms with Crippen molar-refractivity contribution >= 4 is 23.9 Å². The Morgan fingerprint density at radius 2 is 2.04 bits per heavy atom. The second-order valence-electron chi connectivity index (χ2n) is 5.58. The van der Waals surface area contributed by atoms with E-state index in [4.69, 9.17) is 14.2 Å². The van der Waals surface area contributed by atoms with E-state index < -0.39 is 11.8 Å². The maximum atomic E-state index is 13.3. The molecule has 0 aromatic heterocycles. The zero-order chi connectivity index (χ0) is 19.4. The SMILES string of the molecule is CCC(=O)Oc1ccc(/C=C2\N=C(c3cccc(F)c3)OC2=O)cc1OC. The van der Waals surface area contributed by atoms with Gasteiger partial charge in [-0.3, -0.25) is 4.79 Å². The molecule has 2 aromatic carbocycles. The fourth-order valence-electron chi connectivity index (χ4n) is 2.37. The van der Waals surface area contributed by atoms with Crippen LogP contribution in [-0.2, 0) is 14.3 Å². The summed E-state index contributed by atoms with van der Waals surface area (Å²) in [7, 11) is 1.44. The largest absolute Gasteiger partial charge is 0.493 e. The van der Waals surface area contributed by atoms with E-state index in [0.29, 0.717) is 16.9 Å². The molecule has 0 N–H and O–H groups in total. The van der Waals surface area contributed by atoms with Crippen LogP contribution in [0.3, 0.4) is 0 Å². The van der Waals surface area contributed by atoms with E-state index in [1.54, 1.807) is 31.2 Å². The lowest BCUT2D eigenvalue weighted by atomic mass is 10.1. The number of nitrogens with zero attached hydrogens (tertiary/aromatic N) is 1. The van der Waals surface area contributed by atoms with Gasteiger partial charge in [-0.15, -0.1) is 0 Å². The topological polar surface area (TPSA) is 74.2 Å². The van der Waals surface area contributed by atoms with Gasteiger partial charge < -0.3 is 14.2 Å². The molecule has 0 radical (unpaired) electrons. The van der Waals surface area contributed by atoms with E-state index in [-0.39, 0.29) is 29.7 Å². The van der Waals surface area contributed by atoms with E-state index in [2.05, 4.69) is 4.99 Å². The second kappa shape index (κ2) is 7.82. The van der Waals surface area contributed by atoms with Gasteiger partial charge in [0.25, 0.3) is 0 Å². The minimum Gasteiger partial charge on any atom is -0.493 e. The molecule has 7 heteroatoms. The number of carbonyl (C=O) groups excluding carboxylic acids is 2. The molecule has 0 bridgehead atoms. The van der Waals surface area contributed by atoms with Crippen molar-refractivity contribution in [1.29, 1.82) is 0 Å². The Morgan fingerprint density at radius 3 is 2.74 bits per heavy atom. The second-order valence-corrected chi connectivity index (χ2v) is 5.58. The van der Waals surface area contributed by atoms with E-state index in [1.165, 1.54) is 31.4 Å². The maximum absolute atomic E-state index is 13.3. The van der Waals surface area contributed by atoms with Crippen molar-refractivity contribution in [3.05, 3.63) is 65.1 Å². The third-order valence-electron chi connectivity index (χ3n) is 3.70. The van der Waals surface area contributed by atoms with Crippen LogP contribution in [0.4, 0.5) is 4.39 Å². The van der Waals surface area contributed by atoms with E-state index >= 15 is 0 Å². The minimum atomic E-state index is -0.644. The molecule has 0 saturated carbocycles. The summed E-state index contributed by atoms with van der Waals surface area (Å²) in [5, 5.41) is 0. The molecule has 0 unspecified atom stereocenters. The molecular formula is C20H16FNO5. The quantitative estimate of drug-likeness (QED) is 0.458. The summed E-state index contributed by atoms with van der Waals surface area (Å²) in [5.41, 5.74) is 1.03. The standard InChI is InChI=1S/C20H16FNO5/c1-3-18(23)26-16-8-7-12(10-17(16)25-2)9-15-20(24)27-19(22-15)13-5-4-6-14(21)11-13/h4-11H,3H2,1-2H3/b15-9-. The van der Waals surface area contributed by atoms with Crippen LogP contribution in [0.25, 0.3) is 6.08 Å². The van der Waals surface area contributed by atoms with Gasteiger partial charge in [0, 0.05) is 12.0 Å². The van der Waals surface area contributed by atoms with Crippen LogP contribution in [0.5, 0.6) is 11.5 Å². The highest BCUT2D eigenvalue weighted by molar-refractivity contribution is 6.12. The lowest BCUT2D eigenvalue weighted by Gasteiger charge is -2.09. The maximum Gasteiger partial charge on any atom is 0.363 e. The summed E-state index contributed by atoms with van der Waals surface area (Å²) in [6.07, 6.45) is 1.74. The predicted molar refractivity (Wildman–Crippen MR) is 95.9 cm³/mol. The van der Waals surface area contributed by atoms with Crippen LogP contribution >= 0.6 is 0 Å². The van der Waals surface area contributed by atoms with Gasteiger partial charge in [-0.05, 0) is 42.0 Å². The minimum absolute atomic E-state index is 0.0335. The Morgan fingerprint density at radius 1 is 1.22 bits per heavy atom. The average molecular weight is 369 g/mol. The van der Waals surface area contributed by atoms with Crippen molar-refractivity contribution < 1.29 is 28.2 Å². The number of ether oxygens (including phenoxy) is 3. The number of hydrogen-bond donors (Lipinski definition) is 0. The molecular weight excluding hydrogens is 353 g/mol. The highest BCUT2D eigenvalue weighted by Crippen LogP contribution is 2.30. The highest BCUT2D eigenvalue weighted by atomic mass is 19.1. The average Bonchev–Trinajstić information content (AvgIpc) is 3.03. The van der Waals surface area contributed by atoms with Crippen molar-refractivity contribution in [2.75, 3.05) is 7.11 Å². The van der Waals surface area contributed by atoms with Crippen molar-refractivity contribution in [3.8, 4) is 11.5 Å². The molecule has 3 rings (SSSR count). The van der Waals surface area contributed by atoms with Gasteiger partial charge in [-0.2, -0.15) is 0 Å². The molecule has 0 aliphatic carbocycles. The van der Waals surface area contributed by atoms with Crippen molar-refractivity contribution in [3.63, 3.8) is 0 Å². The smallest absolute Gasteiger partial charge is 0.363 e. The summed E-state index contributed by atoms with van der Waals surface area (Å²) in [6.45, 7) is 1.69. The third kappa shape index (κ3) is 4.20. The number of rotatable bonds is 5. The summed E-state index contributed by atoms with van der Waals surface area (Å²) in [5.74, 6) is -0.828. The molecule has 0 amide bonds. The van der Waals surface area contributed by atoms with Crippen LogP contribution in [0.15, 0.2) is 53.2 Å². The fourth-order valence-corrected chi connectivity index (χ4v) is 2.37. The van der Waals surface area contributed by atoms with Gasteiger partial charge in [0.15, 0.2) is 17.2 Å². The van der Waals surface area contributed by atoms with E-state index in [9.17, 15) is 14.0 Å². The fraction of sp³-hybridized carbons (Fsp3) is 0.150. The lowest BCUT2D eigenvalue weighted by Crippen LogP contribution is -2.06. The number of hydrogen-bond acceptors (Lipinski definition) is 6. The number of cyclic esters (lactones) is 1. The predicted octanol–water partition coefficient (Wildman–Crippen LogP) is 3.49. The molecule has 0 fully saturated rings. The van der Waals surface area contributed by atoms with Crippen LogP contribution in [0, 0.1) is 5.82 Å². The van der Waals surface area contributed by atoms with Crippen LogP contribution in [-0.4, -0.2) is 24.9 Å². The van der Waals surface area contributed by atoms with Crippen LogP contribution < -0.4 is 9.47 Å². The number of aliphatic imine (C=N–C) groups is 1. The molecule has 1 heterocycles. The molecule has 27 heavy (non-hydrogen) atoms. The number of methoxy groups -OCH3 is 1. The monoisotopic (exact) mass is 369 g/mol. The molecule has 1 aliphatic rings. The molecule has 0 saturated heterocycles. The first-order chi connectivity index (χ1) is 13.0. The van der Waals surface area contributed by atoms with E-state index in [0.717, 1.165) is 0 Å². The van der Waals surface area contributed by atoms with Gasteiger partial charge in [0.1, 0.15) is 5.82 Å². The Hall–Kier alpha value is -3.48. The molecule has 6 nitrogen and oxygen atoms in total. The van der Waals surface area contributed by atoms with Gasteiger partial charge in [-0.25, -0.2) is 14.2 Å². The normalized spacial score (nSPS) is 14.7. The first kappa shape index (κ1) is 18.3. The zero-order valence-electron chi connectivity index (χ0n) is 14.7. The third-order valence-corrected chi connectivity index (χ3v) is 3.70. The van der Waals surface area contributed by atoms with Crippen LogP contribution in [0.1, 0.15) is 24.5 Å². The van der Waals surface area contributed by atoms with Crippen molar-refractivity contribution in [2.45, 2.75) is 13.3 Å². The number of esters is 2. The molecule has 1 aliphatic heterocycles. The molecule has 2 aromatic rings. The zero-order valence-corrected chi connectivity index (χ0v) is 14.7. The Balaban J connectivity index is 1.89. The number of benzene rings is 2. The first-order valence-electron chi connectivity index (χ1n) is 8.17. The van der Waals surface area contributed by atoms with E-state index in [1.807, 2.05) is 0 Å². The van der Waals surface area contributed by atoms with Crippen LogP contribution in [0.2, 0.25) is 0 Å². The van der Waals surface area contributed by atoms with Gasteiger partial charge >= 0.3 is 11.9 Å². The summed E-state index contributed by atoms with van der Waals surface area (Å²) in [6, 6.07) is 10.4. The van der Waals surface area contributed by atoms with Crippen molar-refractivity contribution in [1.82, 2.24) is 0 Å². The molecule has 0 spiro atoms. The molecule has 0 atom stereocenters. The van der Waals surface area contributed by atoms with Crippen molar-refractivity contribution in [2.24, 2.45) is 4.99 Å².